The molecule has 4 nitrogen and oxygen atoms in total. The number of carbonyl (C=O) groups excluding carboxylic acids is 2. The first-order valence-electron chi connectivity index (χ1n) is 8.80. The molecule has 0 unspecified atom stereocenters. The molecule has 4 rings (SSSR count). The van der Waals surface area contributed by atoms with Crippen LogP contribution < -0.4 is 10.6 Å². The van der Waals surface area contributed by atoms with Crippen LogP contribution in [0.5, 0.6) is 0 Å². The summed E-state index contributed by atoms with van der Waals surface area (Å²) in [5.41, 5.74) is 4.70. The van der Waals surface area contributed by atoms with Crippen LogP contribution in [-0.4, -0.2) is 11.8 Å². The summed E-state index contributed by atoms with van der Waals surface area (Å²) in [7, 11) is 0. The normalized spacial score (nSPS) is 15.8. The van der Waals surface area contributed by atoms with Gasteiger partial charge in [0, 0.05) is 9.13 Å². The highest BCUT2D eigenvalue weighted by molar-refractivity contribution is 14.1. The van der Waals surface area contributed by atoms with Crippen LogP contribution in [0.25, 0.3) is 11.4 Å². The average Bonchev–Trinajstić information content (AvgIpc) is 3.24. The van der Waals surface area contributed by atoms with E-state index in [0.717, 1.165) is 12.0 Å². The van der Waals surface area contributed by atoms with Crippen molar-refractivity contribution in [1.29, 1.82) is 0 Å². The van der Waals surface area contributed by atoms with Gasteiger partial charge in [0.05, 0.1) is 37.6 Å². The number of aryl methyl sites for hydroxylation is 1. The van der Waals surface area contributed by atoms with Crippen molar-refractivity contribution in [1.82, 2.24) is 10.6 Å². The van der Waals surface area contributed by atoms with Crippen LogP contribution in [0.3, 0.4) is 0 Å². The Morgan fingerprint density at radius 3 is 2.00 bits per heavy atom. The Labute approximate surface area is 196 Å². The molecule has 8 heteroatoms. The quantitative estimate of drug-likeness (QED) is 0.296. The number of amides is 2. The van der Waals surface area contributed by atoms with E-state index in [2.05, 4.69) is 17.6 Å². The Kier molecular flexibility index (Phi) is 5.44. The van der Waals surface area contributed by atoms with Crippen molar-refractivity contribution in [2.24, 2.45) is 0 Å². The summed E-state index contributed by atoms with van der Waals surface area (Å²) in [5, 5.41) is 6.51. The van der Waals surface area contributed by atoms with Crippen LogP contribution in [0, 0.1) is 10.5 Å². The standard InChI is InChI=1S/C21H14Cl3IN2O2/c1-3-9-4-6-10(7-5-9)18-12-13(21(29)26-18)19(27-20(12)28)11-8(2)14(22)15(23)16(24)17(11)25/h4-7H,3H2,1-2H3,(H,26,29)(H,27,28). The molecule has 2 aliphatic heterocycles. The molecule has 0 fully saturated rings. The lowest BCUT2D eigenvalue weighted by molar-refractivity contribution is -0.117. The fourth-order valence-corrected chi connectivity index (χ4v) is 5.30. The number of benzene rings is 2. The van der Waals surface area contributed by atoms with E-state index in [-0.39, 0.29) is 21.9 Å². The highest BCUT2D eigenvalue weighted by atomic mass is 127. The van der Waals surface area contributed by atoms with Gasteiger partial charge < -0.3 is 10.6 Å². The van der Waals surface area contributed by atoms with Crippen molar-refractivity contribution in [2.75, 3.05) is 0 Å². The zero-order valence-electron chi connectivity index (χ0n) is 15.3. The third kappa shape index (κ3) is 3.19. The summed E-state index contributed by atoms with van der Waals surface area (Å²) in [6, 6.07) is 7.77. The molecule has 29 heavy (non-hydrogen) atoms. The van der Waals surface area contributed by atoms with Gasteiger partial charge in [0.25, 0.3) is 11.8 Å². The fourth-order valence-electron chi connectivity index (χ4n) is 3.53. The van der Waals surface area contributed by atoms with Gasteiger partial charge in [-0.3, -0.25) is 9.59 Å². The lowest BCUT2D eigenvalue weighted by Crippen LogP contribution is -2.22. The number of carbonyl (C=O) groups is 2. The number of hydrogen-bond acceptors (Lipinski definition) is 2. The Balaban J connectivity index is 1.95. The highest BCUT2D eigenvalue weighted by Gasteiger charge is 2.42. The molecule has 2 heterocycles. The Bertz CT molecular complexity index is 1140. The second-order valence-corrected chi connectivity index (χ2v) is 8.93. The zero-order valence-corrected chi connectivity index (χ0v) is 19.8. The molecule has 0 saturated carbocycles. The fraction of sp³-hybridized carbons (Fsp3) is 0.143. The van der Waals surface area contributed by atoms with Crippen LogP contribution in [0.15, 0.2) is 35.4 Å². The molecule has 2 aliphatic rings. The van der Waals surface area contributed by atoms with E-state index in [9.17, 15) is 9.59 Å². The van der Waals surface area contributed by atoms with Crippen LogP contribution in [0.2, 0.25) is 15.1 Å². The Morgan fingerprint density at radius 1 is 0.862 bits per heavy atom. The second kappa shape index (κ2) is 7.61. The predicted molar refractivity (Wildman–Crippen MR) is 125 cm³/mol. The van der Waals surface area contributed by atoms with E-state index < -0.39 is 0 Å². The van der Waals surface area contributed by atoms with Gasteiger partial charge in [-0.05, 0) is 52.6 Å². The molecule has 0 atom stereocenters. The zero-order chi connectivity index (χ0) is 21.0. The van der Waals surface area contributed by atoms with E-state index >= 15 is 0 Å². The average molecular weight is 560 g/mol. The van der Waals surface area contributed by atoms with Gasteiger partial charge in [-0.15, -0.1) is 0 Å². The Morgan fingerprint density at radius 2 is 1.41 bits per heavy atom. The molecular formula is C21H14Cl3IN2O2. The molecule has 0 spiro atoms. The van der Waals surface area contributed by atoms with Crippen molar-refractivity contribution in [3.05, 3.63) is 76.3 Å². The minimum absolute atomic E-state index is 0.247. The summed E-state index contributed by atoms with van der Waals surface area (Å²) in [6.07, 6.45) is 0.907. The van der Waals surface area contributed by atoms with Gasteiger partial charge in [-0.1, -0.05) is 66.0 Å². The first kappa shape index (κ1) is 20.7. The SMILES string of the molecule is CCc1ccc(C2=C3C(=O)NC(c4c(C)c(Cl)c(Cl)c(Cl)c4I)=C3C(=O)N2)cc1. The monoisotopic (exact) mass is 558 g/mol. The maximum Gasteiger partial charge on any atom is 0.258 e. The summed E-state index contributed by atoms with van der Waals surface area (Å²) >= 11 is 20.9. The molecule has 148 valence electrons. The molecule has 2 amide bonds. The molecule has 0 radical (unpaired) electrons. The molecule has 0 bridgehead atoms. The van der Waals surface area contributed by atoms with Crippen molar-refractivity contribution in [3.63, 3.8) is 0 Å². The summed E-state index contributed by atoms with van der Waals surface area (Å²) in [4.78, 5) is 25.7. The minimum Gasteiger partial charge on any atom is -0.321 e. The molecule has 0 aromatic heterocycles. The van der Waals surface area contributed by atoms with E-state index in [1.165, 1.54) is 5.56 Å². The number of halogens is 4. The molecule has 2 aromatic rings. The molecule has 2 N–H and O–H groups in total. The van der Waals surface area contributed by atoms with Crippen LogP contribution in [0.4, 0.5) is 0 Å². The van der Waals surface area contributed by atoms with Crippen LogP contribution >= 0.6 is 57.4 Å². The number of nitrogens with one attached hydrogen (secondary N) is 2. The minimum atomic E-state index is -0.347. The lowest BCUT2D eigenvalue weighted by atomic mass is 9.99. The largest absolute Gasteiger partial charge is 0.321 e. The highest BCUT2D eigenvalue weighted by Crippen LogP contribution is 2.45. The third-order valence-corrected chi connectivity index (χ3v) is 7.90. The van der Waals surface area contributed by atoms with Gasteiger partial charge in [0.15, 0.2) is 0 Å². The van der Waals surface area contributed by atoms with E-state index in [0.29, 0.717) is 42.3 Å². The van der Waals surface area contributed by atoms with E-state index in [1.54, 1.807) is 6.92 Å². The third-order valence-electron chi connectivity index (χ3n) is 5.08. The number of fused-ring (bicyclic) bond motifs is 1. The first-order chi connectivity index (χ1) is 13.8. The predicted octanol–water partition coefficient (Wildman–Crippen LogP) is 5.50. The van der Waals surface area contributed by atoms with Crippen LogP contribution in [0.1, 0.15) is 29.2 Å². The maximum absolute atomic E-state index is 12.9. The molecule has 0 aliphatic carbocycles. The van der Waals surface area contributed by atoms with Gasteiger partial charge in [-0.25, -0.2) is 0 Å². The van der Waals surface area contributed by atoms with E-state index in [1.807, 2.05) is 46.9 Å². The summed E-state index contributed by atoms with van der Waals surface area (Å²) in [5.74, 6) is -0.694. The molecule has 2 aromatic carbocycles. The summed E-state index contributed by atoms with van der Waals surface area (Å²) in [6.45, 7) is 3.85. The Hall–Kier alpha value is -1.54. The van der Waals surface area contributed by atoms with Crippen molar-refractivity contribution in [3.8, 4) is 0 Å². The van der Waals surface area contributed by atoms with Crippen molar-refractivity contribution < 1.29 is 9.59 Å². The van der Waals surface area contributed by atoms with Crippen LogP contribution in [-0.2, 0) is 16.0 Å². The van der Waals surface area contributed by atoms with Crippen molar-refractivity contribution >= 4 is 80.6 Å². The number of hydrogen-bond donors (Lipinski definition) is 2. The molecular weight excluding hydrogens is 546 g/mol. The van der Waals surface area contributed by atoms with Gasteiger partial charge >= 0.3 is 0 Å². The topological polar surface area (TPSA) is 58.2 Å². The van der Waals surface area contributed by atoms with Gasteiger partial charge in [-0.2, -0.15) is 0 Å². The van der Waals surface area contributed by atoms with Gasteiger partial charge in [0.2, 0.25) is 0 Å². The van der Waals surface area contributed by atoms with Crippen molar-refractivity contribution in [2.45, 2.75) is 20.3 Å². The maximum atomic E-state index is 12.9. The lowest BCUT2D eigenvalue weighted by Gasteiger charge is -2.16. The summed E-state index contributed by atoms with van der Waals surface area (Å²) < 4.78 is 0.619. The number of rotatable bonds is 3. The molecule has 0 saturated heterocycles. The van der Waals surface area contributed by atoms with Gasteiger partial charge in [0.1, 0.15) is 0 Å². The first-order valence-corrected chi connectivity index (χ1v) is 11.0. The smallest absolute Gasteiger partial charge is 0.258 e. The second-order valence-electron chi connectivity index (χ2n) is 6.71. The van der Waals surface area contributed by atoms with E-state index in [4.69, 9.17) is 34.8 Å².